The van der Waals surface area contributed by atoms with Gasteiger partial charge >= 0.3 is 0 Å². The van der Waals surface area contributed by atoms with E-state index < -0.39 is 0 Å². The van der Waals surface area contributed by atoms with Crippen LogP contribution in [0.15, 0.2) is 30.6 Å². The van der Waals surface area contributed by atoms with Crippen LogP contribution in [0.3, 0.4) is 0 Å². The van der Waals surface area contributed by atoms with E-state index in [1.165, 1.54) is 0 Å². The van der Waals surface area contributed by atoms with Gasteiger partial charge in [-0.15, -0.1) is 0 Å². The van der Waals surface area contributed by atoms with Crippen LogP contribution in [0.2, 0.25) is 0 Å². The Balaban J connectivity index is 1.51. The molecule has 0 unspecified atom stereocenters. The first-order valence-electron chi connectivity index (χ1n) is 6.24. The molecule has 1 saturated carbocycles. The van der Waals surface area contributed by atoms with Crippen LogP contribution in [0.25, 0.3) is 5.65 Å². The number of aromatic nitrogens is 2. The molecule has 2 heterocycles. The number of carbonyl (C=O) groups is 1. The van der Waals surface area contributed by atoms with Crippen molar-refractivity contribution in [2.24, 2.45) is 0 Å². The molecule has 0 bridgehead atoms. The van der Waals surface area contributed by atoms with Crippen LogP contribution in [0.5, 0.6) is 0 Å². The summed E-state index contributed by atoms with van der Waals surface area (Å²) >= 11 is 0. The van der Waals surface area contributed by atoms with Crippen LogP contribution in [-0.2, 0) is 11.3 Å². The van der Waals surface area contributed by atoms with Crippen molar-refractivity contribution in [3.8, 4) is 0 Å². The predicted octanol–water partition coefficient (Wildman–Crippen LogP) is 0.702. The maximum absolute atomic E-state index is 11.5. The lowest BCUT2D eigenvalue weighted by Crippen LogP contribution is -2.34. The molecule has 3 rings (SSSR count). The zero-order chi connectivity index (χ0) is 12.4. The Hall–Kier alpha value is -1.88. The number of fused-ring (bicyclic) bond motifs is 1. The minimum atomic E-state index is 0.0706. The van der Waals surface area contributed by atoms with Gasteiger partial charge in [0.15, 0.2) is 0 Å². The molecule has 1 aliphatic rings. The second-order valence-electron chi connectivity index (χ2n) is 4.64. The molecule has 0 aromatic carbocycles. The highest BCUT2D eigenvalue weighted by molar-refractivity contribution is 5.78. The summed E-state index contributed by atoms with van der Waals surface area (Å²) in [5.74, 6) is 0.0706. The van der Waals surface area contributed by atoms with Gasteiger partial charge in [-0.2, -0.15) is 0 Å². The second-order valence-corrected chi connectivity index (χ2v) is 4.64. The van der Waals surface area contributed by atoms with Crippen molar-refractivity contribution in [3.63, 3.8) is 0 Å². The molecule has 18 heavy (non-hydrogen) atoms. The van der Waals surface area contributed by atoms with Crippen molar-refractivity contribution in [1.82, 2.24) is 20.0 Å². The summed E-state index contributed by atoms with van der Waals surface area (Å²) in [5, 5.41) is 6.05. The first-order chi connectivity index (χ1) is 8.81. The quantitative estimate of drug-likeness (QED) is 0.814. The second kappa shape index (κ2) is 4.78. The van der Waals surface area contributed by atoms with Crippen molar-refractivity contribution in [3.05, 3.63) is 36.3 Å². The van der Waals surface area contributed by atoms with Crippen molar-refractivity contribution >= 4 is 11.6 Å². The van der Waals surface area contributed by atoms with E-state index in [1.54, 1.807) is 0 Å². The summed E-state index contributed by atoms with van der Waals surface area (Å²) in [5.41, 5.74) is 1.87. The third-order valence-electron chi connectivity index (χ3n) is 2.95. The molecule has 0 saturated heterocycles. The SMILES string of the molecule is O=C(CNCc1cn2ccccc2n1)NC1CC1. The lowest BCUT2D eigenvalue weighted by Gasteiger charge is -2.03. The summed E-state index contributed by atoms with van der Waals surface area (Å²) in [6, 6.07) is 6.32. The normalized spacial score (nSPS) is 14.9. The van der Waals surface area contributed by atoms with Gasteiger partial charge in [-0.05, 0) is 25.0 Å². The van der Waals surface area contributed by atoms with Crippen molar-refractivity contribution in [1.29, 1.82) is 0 Å². The summed E-state index contributed by atoms with van der Waals surface area (Å²) in [6.07, 6.45) is 6.18. The minimum Gasteiger partial charge on any atom is -0.352 e. The van der Waals surface area contributed by atoms with Crippen molar-refractivity contribution < 1.29 is 4.79 Å². The Kier molecular flexibility index (Phi) is 2.98. The number of nitrogens with one attached hydrogen (secondary N) is 2. The number of rotatable bonds is 5. The number of pyridine rings is 1. The Morgan fingerprint density at radius 3 is 3.11 bits per heavy atom. The van der Waals surface area contributed by atoms with E-state index in [4.69, 9.17) is 0 Å². The first-order valence-corrected chi connectivity index (χ1v) is 6.24. The van der Waals surface area contributed by atoms with Gasteiger partial charge in [-0.25, -0.2) is 4.98 Å². The molecule has 5 nitrogen and oxygen atoms in total. The number of hydrogen-bond donors (Lipinski definition) is 2. The largest absolute Gasteiger partial charge is 0.352 e. The molecule has 0 radical (unpaired) electrons. The number of carbonyl (C=O) groups excluding carboxylic acids is 1. The zero-order valence-electron chi connectivity index (χ0n) is 10.1. The van der Waals surface area contributed by atoms with Gasteiger partial charge in [-0.3, -0.25) is 4.79 Å². The fraction of sp³-hybridized carbons (Fsp3) is 0.385. The van der Waals surface area contributed by atoms with Gasteiger partial charge in [-0.1, -0.05) is 6.07 Å². The lowest BCUT2D eigenvalue weighted by molar-refractivity contribution is -0.120. The molecule has 0 atom stereocenters. The van der Waals surface area contributed by atoms with Gasteiger partial charge in [0.25, 0.3) is 0 Å². The molecule has 2 aromatic rings. The van der Waals surface area contributed by atoms with Crippen LogP contribution in [-0.4, -0.2) is 27.9 Å². The van der Waals surface area contributed by atoms with Gasteiger partial charge in [0.1, 0.15) is 5.65 Å². The summed E-state index contributed by atoms with van der Waals surface area (Å²) < 4.78 is 1.97. The fourth-order valence-electron chi connectivity index (χ4n) is 1.88. The number of imidazole rings is 1. The third-order valence-corrected chi connectivity index (χ3v) is 2.95. The number of nitrogens with zero attached hydrogens (tertiary/aromatic N) is 2. The number of amides is 1. The van der Waals surface area contributed by atoms with Crippen LogP contribution in [0.1, 0.15) is 18.5 Å². The highest BCUT2D eigenvalue weighted by Gasteiger charge is 2.22. The van der Waals surface area contributed by atoms with Gasteiger partial charge in [0, 0.05) is 25.0 Å². The maximum Gasteiger partial charge on any atom is 0.234 e. The van der Waals surface area contributed by atoms with Crippen LogP contribution < -0.4 is 10.6 Å². The minimum absolute atomic E-state index is 0.0706. The van der Waals surface area contributed by atoms with Crippen LogP contribution in [0.4, 0.5) is 0 Å². The Morgan fingerprint density at radius 2 is 2.33 bits per heavy atom. The molecule has 2 N–H and O–H groups in total. The topological polar surface area (TPSA) is 58.4 Å². The fourth-order valence-corrected chi connectivity index (χ4v) is 1.88. The molecular weight excluding hydrogens is 228 g/mol. The summed E-state index contributed by atoms with van der Waals surface area (Å²) in [7, 11) is 0. The predicted molar refractivity (Wildman–Crippen MR) is 68.1 cm³/mol. The monoisotopic (exact) mass is 244 g/mol. The van der Waals surface area contributed by atoms with E-state index in [0.29, 0.717) is 19.1 Å². The maximum atomic E-state index is 11.5. The van der Waals surface area contributed by atoms with Crippen LogP contribution in [0, 0.1) is 0 Å². The van der Waals surface area contributed by atoms with Gasteiger partial charge in [0.2, 0.25) is 5.91 Å². The smallest absolute Gasteiger partial charge is 0.234 e. The average Bonchev–Trinajstić information content (AvgIpc) is 3.07. The van der Waals surface area contributed by atoms with E-state index in [2.05, 4.69) is 15.6 Å². The molecule has 5 heteroatoms. The first kappa shape index (κ1) is 11.2. The molecule has 0 spiro atoms. The van der Waals surface area contributed by atoms with E-state index in [1.807, 2.05) is 35.0 Å². The average molecular weight is 244 g/mol. The van der Waals surface area contributed by atoms with E-state index >= 15 is 0 Å². The van der Waals surface area contributed by atoms with E-state index in [9.17, 15) is 4.79 Å². The molecule has 1 fully saturated rings. The van der Waals surface area contributed by atoms with E-state index in [0.717, 1.165) is 24.2 Å². The van der Waals surface area contributed by atoms with Crippen molar-refractivity contribution in [2.75, 3.05) is 6.54 Å². The van der Waals surface area contributed by atoms with Gasteiger partial charge < -0.3 is 15.0 Å². The molecule has 1 aliphatic carbocycles. The highest BCUT2D eigenvalue weighted by Crippen LogP contribution is 2.18. The standard InChI is InChI=1S/C13H16N4O/c18-13(16-10-4-5-10)8-14-7-11-9-17-6-2-1-3-12(17)15-11/h1-3,6,9-10,14H,4-5,7-8H2,(H,16,18). The molecule has 94 valence electrons. The van der Waals surface area contributed by atoms with Gasteiger partial charge in [0.05, 0.1) is 12.2 Å². The van der Waals surface area contributed by atoms with Crippen molar-refractivity contribution in [2.45, 2.75) is 25.4 Å². The third kappa shape index (κ3) is 2.68. The molecule has 2 aromatic heterocycles. The summed E-state index contributed by atoms with van der Waals surface area (Å²) in [6.45, 7) is 0.962. The van der Waals surface area contributed by atoms with E-state index in [-0.39, 0.29) is 5.91 Å². The Morgan fingerprint density at radius 1 is 1.44 bits per heavy atom. The Bertz CT molecular complexity index is 526. The zero-order valence-corrected chi connectivity index (χ0v) is 10.1. The molecular formula is C13H16N4O. The summed E-state index contributed by atoms with van der Waals surface area (Å²) in [4.78, 5) is 15.9. The highest BCUT2D eigenvalue weighted by atomic mass is 16.2. The Labute approximate surface area is 105 Å². The lowest BCUT2D eigenvalue weighted by atomic mass is 10.4. The number of hydrogen-bond acceptors (Lipinski definition) is 3. The molecule has 1 amide bonds. The molecule has 0 aliphatic heterocycles. The van der Waals surface area contributed by atoms with Crippen LogP contribution >= 0.6 is 0 Å².